The molecule has 0 saturated carbocycles. The van der Waals surface area contributed by atoms with Crippen LogP contribution in [0.25, 0.3) is 5.69 Å². The van der Waals surface area contributed by atoms with Gasteiger partial charge >= 0.3 is 0 Å². The van der Waals surface area contributed by atoms with E-state index in [1.165, 1.54) is 16.8 Å². The van der Waals surface area contributed by atoms with Gasteiger partial charge in [-0.15, -0.1) is 0 Å². The quantitative estimate of drug-likeness (QED) is 0.936. The minimum absolute atomic E-state index is 0.197. The summed E-state index contributed by atoms with van der Waals surface area (Å²) in [4.78, 5) is 0. The van der Waals surface area contributed by atoms with E-state index in [2.05, 4.69) is 10.4 Å². The zero-order chi connectivity index (χ0) is 14.9. The van der Waals surface area contributed by atoms with Crippen molar-refractivity contribution in [2.75, 3.05) is 6.54 Å². The van der Waals surface area contributed by atoms with Gasteiger partial charge in [0, 0.05) is 6.54 Å². The third-order valence-electron chi connectivity index (χ3n) is 3.07. The van der Waals surface area contributed by atoms with E-state index in [0.29, 0.717) is 28.5 Å². The first-order chi connectivity index (χ1) is 9.45. The van der Waals surface area contributed by atoms with Gasteiger partial charge in [0.1, 0.15) is 5.69 Å². The highest BCUT2D eigenvalue weighted by Gasteiger charge is 2.18. The van der Waals surface area contributed by atoms with Crippen LogP contribution in [0.15, 0.2) is 12.1 Å². The Morgan fingerprint density at radius 1 is 1.25 bits per heavy atom. The van der Waals surface area contributed by atoms with Gasteiger partial charge in [-0.1, -0.05) is 18.5 Å². The predicted molar refractivity (Wildman–Crippen MR) is 75.3 cm³/mol. The van der Waals surface area contributed by atoms with Crippen molar-refractivity contribution in [2.45, 2.75) is 27.3 Å². The van der Waals surface area contributed by atoms with Crippen LogP contribution in [0.1, 0.15) is 23.9 Å². The number of hydrogen-bond acceptors (Lipinski definition) is 2. The molecular formula is C14H16ClF2N3. The van der Waals surface area contributed by atoms with Crippen LogP contribution in [-0.4, -0.2) is 16.3 Å². The van der Waals surface area contributed by atoms with Crippen molar-refractivity contribution in [3.05, 3.63) is 45.7 Å². The lowest BCUT2D eigenvalue weighted by molar-refractivity contribution is 0.551. The summed E-state index contributed by atoms with van der Waals surface area (Å²) in [6.45, 7) is 6.45. The second-order valence-corrected chi connectivity index (χ2v) is 4.96. The van der Waals surface area contributed by atoms with Gasteiger partial charge in [0.25, 0.3) is 0 Å². The SMILES string of the molecule is CCNCc1cc(F)c(-n2nc(C)c(Cl)c2C)c(F)c1. The second kappa shape index (κ2) is 5.89. The second-order valence-electron chi connectivity index (χ2n) is 4.59. The van der Waals surface area contributed by atoms with E-state index >= 15 is 0 Å². The number of aromatic nitrogens is 2. The number of aryl methyl sites for hydroxylation is 1. The zero-order valence-corrected chi connectivity index (χ0v) is 12.4. The largest absolute Gasteiger partial charge is 0.313 e. The predicted octanol–water partition coefficient (Wildman–Crippen LogP) is 3.53. The van der Waals surface area contributed by atoms with Crippen LogP contribution in [0.5, 0.6) is 0 Å². The third kappa shape index (κ3) is 2.69. The Balaban J connectivity index is 2.49. The lowest BCUT2D eigenvalue weighted by Gasteiger charge is -2.10. The number of rotatable bonds is 4. The van der Waals surface area contributed by atoms with E-state index in [-0.39, 0.29) is 5.69 Å². The summed E-state index contributed by atoms with van der Waals surface area (Å²) in [5.74, 6) is -1.31. The van der Waals surface area contributed by atoms with E-state index in [1.54, 1.807) is 13.8 Å². The van der Waals surface area contributed by atoms with Crippen molar-refractivity contribution in [3.63, 3.8) is 0 Å². The van der Waals surface area contributed by atoms with Crippen LogP contribution < -0.4 is 5.32 Å². The topological polar surface area (TPSA) is 29.9 Å². The summed E-state index contributed by atoms with van der Waals surface area (Å²) < 4.78 is 29.6. The van der Waals surface area contributed by atoms with Crippen molar-refractivity contribution >= 4 is 11.6 Å². The minimum atomic E-state index is -0.653. The van der Waals surface area contributed by atoms with Crippen LogP contribution in [-0.2, 0) is 6.54 Å². The fourth-order valence-corrected chi connectivity index (χ4v) is 2.15. The smallest absolute Gasteiger partial charge is 0.152 e. The fraction of sp³-hybridized carbons (Fsp3) is 0.357. The number of nitrogens with zero attached hydrogens (tertiary/aromatic N) is 2. The average Bonchev–Trinajstić information content (AvgIpc) is 2.64. The number of hydrogen-bond donors (Lipinski definition) is 1. The highest BCUT2D eigenvalue weighted by molar-refractivity contribution is 6.31. The highest BCUT2D eigenvalue weighted by Crippen LogP contribution is 2.26. The maximum atomic E-state index is 14.2. The fourth-order valence-electron chi connectivity index (χ4n) is 2.03. The van der Waals surface area contributed by atoms with Gasteiger partial charge in [-0.25, -0.2) is 13.5 Å². The molecule has 1 heterocycles. The molecule has 0 fully saturated rings. The Labute approximate surface area is 121 Å². The Morgan fingerprint density at radius 2 is 1.85 bits per heavy atom. The number of benzene rings is 1. The zero-order valence-electron chi connectivity index (χ0n) is 11.6. The molecule has 0 bridgehead atoms. The Hall–Kier alpha value is -1.46. The molecule has 20 heavy (non-hydrogen) atoms. The maximum absolute atomic E-state index is 14.2. The minimum Gasteiger partial charge on any atom is -0.313 e. The molecular weight excluding hydrogens is 284 g/mol. The first-order valence-corrected chi connectivity index (χ1v) is 6.74. The molecule has 0 aliphatic heterocycles. The monoisotopic (exact) mass is 299 g/mol. The van der Waals surface area contributed by atoms with Crippen LogP contribution >= 0.6 is 11.6 Å². The van der Waals surface area contributed by atoms with E-state index in [1.807, 2.05) is 6.92 Å². The first-order valence-electron chi connectivity index (χ1n) is 6.36. The number of nitrogens with one attached hydrogen (secondary N) is 1. The van der Waals surface area contributed by atoms with Gasteiger partial charge in [-0.2, -0.15) is 5.10 Å². The van der Waals surface area contributed by atoms with Crippen molar-refractivity contribution in [2.24, 2.45) is 0 Å². The van der Waals surface area contributed by atoms with Crippen molar-refractivity contribution < 1.29 is 8.78 Å². The third-order valence-corrected chi connectivity index (χ3v) is 3.62. The maximum Gasteiger partial charge on any atom is 0.152 e. The molecule has 2 rings (SSSR count). The molecule has 0 amide bonds. The molecule has 1 aromatic carbocycles. The molecule has 6 heteroatoms. The molecule has 0 radical (unpaired) electrons. The van der Waals surface area contributed by atoms with Gasteiger partial charge in [0.05, 0.1) is 16.4 Å². The Kier molecular flexibility index (Phi) is 4.40. The summed E-state index contributed by atoms with van der Waals surface area (Å²) in [5.41, 5.74) is 1.41. The molecule has 1 aromatic heterocycles. The van der Waals surface area contributed by atoms with Gasteiger partial charge < -0.3 is 5.32 Å². The van der Waals surface area contributed by atoms with Crippen LogP contribution in [0, 0.1) is 25.5 Å². The Morgan fingerprint density at radius 3 is 2.30 bits per heavy atom. The van der Waals surface area contributed by atoms with Crippen LogP contribution in [0.2, 0.25) is 5.02 Å². The van der Waals surface area contributed by atoms with Crippen LogP contribution in [0.3, 0.4) is 0 Å². The molecule has 0 saturated heterocycles. The van der Waals surface area contributed by atoms with E-state index in [9.17, 15) is 8.78 Å². The molecule has 0 unspecified atom stereocenters. The summed E-state index contributed by atoms with van der Waals surface area (Å²) in [5, 5.41) is 7.53. The molecule has 1 N–H and O–H groups in total. The summed E-state index contributed by atoms with van der Waals surface area (Å²) in [6, 6.07) is 2.62. The molecule has 0 atom stereocenters. The van der Waals surface area contributed by atoms with Crippen molar-refractivity contribution in [1.29, 1.82) is 0 Å². The van der Waals surface area contributed by atoms with E-state index in [0.717, 1.165) is 6.54 Å². The molecule has 0 aliphatic rings. The summed E-state index contributed by atoms with van der Waals surface area (Å²) in [7, 11) is 0. The lowest BCUT2D eigenvalue weighted by atomic mass is 10.2. The standard InChI is InChI=1S/C14H16ClF2N3/c1-4-18-7-10-5-11(16)14(12(17)6-10)20-9(3)13(15)8(2)19-20/h5-6,18H,4,7H2,1-3H3. The first kappa shape index (κ1) is 14.9. The molecule has 0 spiro atoms. The number of halogens is 3. The molecule has 3 nitrogen and oxygen atoms in total. The Bertz CT molecular complexity index is 615. The van der Waals surface area contributed by atoms with Gasteiger partial charge in [0.15, 0.2) is 11.6 Å². The average molecular weight is 300 g/mol. The summed E-state index contributed by atoms with van der Waals surface area (Å²) in [6.07, 6.45) is 0. The van der Waals surface area contributed by atoms with Gasteiger partial charge in [0.2, 0.25) is 0 Å². The van der Waals surface area contributed by atoms with Crippen molar-refractivity contribution in [1.82, 2.24) is 15.1 Å². The van der Waals surface area contributed by atoms with Gasteiger partial charge in [-0.05, 0) is 38.1 Å². The van der Waals surface area contributed by atoms with E-state index < -0.39 is 11.6 Å². The summed E-state index contributed by atoms with van der Waals surface area (Å²) >= 11 is 6.01. The lowest BCUT2D eigenvalue weighted by Crippen LogP contribution is -2.13. The normalized spacial score (nSPS) is 11.1. The van der Waals surface area contributed by atoms with Crippen molar-refractivity contribution in [3.8, 4) is 5.69 Å². The molecule has 108 valence electrons. The highest BCUT2D eigenvalue weighted by atomic mass is 35.5. The van der Waals surface area contributed by atoms with Crippen LogP contribution in [0.4, 0.5) is 8.78 Å². The van der Waals surface area contributed by atoms with E-state index in [4.69, 9.17) is 11.6 Å². The molecule has 2 aromatic rings. The van der Waals surface area contributed by atoms with Gasteiger partial charge in [-0.3, -0.25) is 0 Å². The molecule has 0 aliphatic carbocycles.